The highest BCUT2D eigenvalue weighted by molar-refractivity contribution is 9.11. The first-order valence-electron chi connectivity index (χ1n) is 4.86. The molecule has 0 saturated carbocycles. The fraction of sp³-hybridized carbons (Fsp3) is 0.455. The third kappa shape index (κ3) is 3.91. The Morgan fingerprint density at radius 3 is 2.25 bits per heavy atom. The lowest BCUT2D eigenvalue weighted by Gasteiger charge is -2.18. The fourth-order valence-electron chi connectivity index (χ4n) is 1.54. The van der Waals surface area contributed by atoms with Crippen molar-refractivity contribution in [2.24, 2.45) is 11.7 Å². The summed E-state index contributed by atoms with van der Waals surface area (Å²) < 4.78 is 1.54. The van der Waals surface area contributed by atoms with Gasteiger partial charge >= 0.3 is 0 Å². The van der Waals surface area contributed by atoms with Crippen LogP contribution >= 0.6 is 44.3 Å². The molecule has 0 unspecified atom stereocenters. The number of benzene rings is 1. The Morgan fingerprint density at radius 2 is 1.75 bits per heavy atom. The Balaban J connectivity index is 0.00000225. The predicted molar refractivity (Wildman–Crippen MR) is 77.1 cm³/mol. The normalized spacial score (nSPS) is 12.4. The molecule has 0 fully saturated rings. The standard InChI is InChI=1S/C11H15Br2NO.ClH/c1-6(2)5-9(14)10-7(12)3-4-8(13)11(10)15;/h3-4,6,9,15H,5,14H2,1-2H3;1H/t9-;/m1./s1. The van der Waals surface area contributed by atoms with E-state index in [0.29, 0.717) is 10.4 Å². The Labute approximate surface area is 119 Å². The second-order valence-corrected chi connectivity index (χ2v) is 5.74. The van der Waals surface area contributed by atoms with Gasteiger partial charge in [-0.05, 0) is 40.4 Å². The molecular formula is C11H16Br2ClNO. The van der Waals surface area contributed by atoms with Gasteiger partial charge in [-0.25, -0.2) is 0 Å². The largest absolute Gasteiger partial charge is 0.506 e. The van der Waals surface area contributed by atoms with E-state index in [1.54, 1.807) is 6.07 Å². The molecule has 3 N–H and O–H groups in total. The molecule has 5 heteroatoms. The summed E-state index contributed by atoms with van der Waals surface area (Å²) in [4.78, 5) is 0. The highest BCUT2D eigenvalue weighted by Gasteiger charge is 2.17. The van der Waals surface area contributed by atoms with Gasteiger partial charge in [0.15, 0.2) is 0 Å². The van der Waals surface area contributed by atoms with Gasteiger partial charge in [-0.15, -0.1) is 12.4 Å². The van der Waals surface area contributed by atoms with Crippen molar-refractivity contribution in [1.29, 1.82) is 0 Å². The van der Waals surface area contributed by atoms with E-state index in [2.05, 4.69) is 45.7 Å². The van der Waals surface area contributed by atoms with E-state index in [9.17, 15) is 5.11 Å². The smallest absolute Gasteiger partial charge is 0.135 e. The first-order chi connectivity index (χ1) is 6.93. The van der Waals surface area contributed by atoms with Crippen molar-refractivity contribution in [3.8, 4) is 5.75 Å². The minimum Gasteiger partial charge on any atom is -0.506 e. The quantitative estimate of drug-likeness (QED) is 0.826. The highest BCUT2D eigenvalue weighted by Crippen LogP contribution is 2.38. The third-order valence-electron chi connectivity index (χ3n) is 2.21. The number of hydrogen-bond donors (Lipinski definition) is 2. The maximum atomic E-state index is 9.90. The number of aromatic hydroxyl groups is 1. The molecular weight excluding hydrogens is 357 g/mol. The Hall–Kier alpha value is 0.230. The summed E-state index contributed by atoms with van der Waals surface area (Å²) in [6.07, 6.45) is 0.850. The van der Waals surface area contributed by atoms with Crippen LogP contribution in [0, 0.1) is 5.92 Å². The summed E-state index contributed by atoms with van der Waals surface area (Å²) in [5.74, 6) is 0.739. The van der Waals surface area contributed by atoms with Crippen LogP contribution in [0.2, 0.25) is 0 Å². The van der Waals surface area contributed by atoms with E-state index in [0.717, 1.165) is 16.5 Å². The van der Waals surface area contributed by atoms with E-state index in [4.69, 9.17) is 5.73 Å². The van der Waals surface area contributed by atoms with E-state index >= 15 is 0 Å². The molecule has 0 aromatic heterocycles. The van der Waals surface area contributed by atoms with Crippen LogP contribution in [0.1, 0.15) is 31.9 Å². The molecule has 0 radical (unpaired) electrons. The van der Waals surface area contributed by atoms with Crippen LogP contribution < -0.4 is 5.73 Å². The number of nitrogens with two attached hydrogens (primary N) is 1. The summed E-state index contributed by atoms with van der Waals surface area (Å²) >= 11 is 6.70. The van der Waals surface area contributed by atoms with Crippen LogP contribution in [0.3, 0.4) is 0 Å². The summed E-state index contributed by atoms with van der Waals surface area (Å²) in [5.41, 5.74) is 6.83. The van der Waals surface area contributed by atoms with Crippen LogP contribution in [0.15, 0.2) is 21.1 Å². The number of rotatable bonds is 3. The van der Waals surface area contributed by atoms with E-state index in [-0.39, 0.29) is 24.2 Å². The maximum absolute atomic E-state index is 9.90. The van der Waals surface area contributed by atoms with Crippen molar-refractivity contribution in [2.45, 2.75) is 26.3 Å². The topological polar surface area (TPSA) is 46.2 Å². The predicted octanol–water partition coefficient (Wildman–Crippen LogP) is 4.38. The highest BCUT2D eigenvalue weighted by atomic mass is 79.9. The van der Waals surface area contributed by atoms with Crippen molar-refractivity contribution >= 4 is 44.3 Å². The van der Waals surface area contributed by atoms with Crippen molar-refractivity contribution in [3.63, 3.8) is 0 Å². The lowest BCUT2D eigenvalue weighted by atomic mass is 9.97. The summed E-state index contributed by atoms with van der Waals surface area (Å²) in [5, 5.41) is 9.90. The van der Waals surface area contributed by atoms with Gasteiger partial charge < -0.3 is 10.8 Å². The van der Waals surface area contributed by atoms with Crippen molar-refractivity contribution < 1.29 is 5.11 Å². The second-order valence-electron chi connectivity index (χ2n) is 4.03. The lowest BCUT2D eigenvalue weighted by Crippen LogP contribution is -2.13. The number of phenolic OH excluding ortho intramolecular Hbond substituents is 1. The molecule has 0 aliphatic rings. The molecule has 1 rings (SSSR count). The van der Waals surface area contributed by atoms with Crippen molar-refractivity contribution in [2.75, 3.05) is 0 Å². The zero-order valence-electron chi connectivity index (χ0n) is 9.21. The summed E-state index contributed by atoms with van der Waals surface area (Å²) in [6.45, 7) is 4.23. The first kappa shape index (κ1) is 16.2. The van der Waals surface area contributed by atoms with Gasteiger partial charge in [-0.2, -0.15) is 0 Å². The van der Waals surface area contributed by atoms with Crippen LogP contribution in [0.4, 0.5) is 0 Å². The third-order valence-corrected chi connectivity index (χ3v) is 3.54. The molecule has 0 amide bonds. The average molecular weight is 374 g/mol. The van der Waals surface area contributed by atoms with E-state index in [1.165, 1.54) is 0 Å². The molecule has 16 heavy (non-hydrogen) atoms. The van der Waals surface area contributed by atoms with Gasteiger partial charge in [0.1, 0.15) is 5.75 Å². The number of phenols is 1. The van der Waals surface area contributed by atoms with Crippen LogP contribution in [0.25, 0.3) is 0 Å². The lowest BCUT2D eigenvalue weighted by molar-refractivity contribution is 0.441. The molecule has 0 aliphatic heterocycles. The van der Waals surface area contributed by atoms with E-state index in [1.807, 2.05) is 6.07 Å². The van der Waals surface area contributed by atoms with Gasteiger partial charge in [0.25, 0.3) is 0 Å². The molecule has 1 atom stereocenters. The molecule has 2 nitrogen and oxygen atoms in total. The zero-order valence-corrected chi connectivity index (χ0v) is 13.2. The van der Waals surface area contributed by atoms with Crippen LogP contribution in [-0.2, 0) is 0 Å². The zero-order chi connectivity index (χ0) is 11.6. The van der Waals surface area contributed by atoms with Crippen molar-refractivity contribution in [3.05, 3.63) is 26.6 Å². The minimum absolute atomic E-state index is 0. The molecule has 0 spiro atoms. The molecule has 92 valence electrons. The molecule has 0 heterocycles. The van der Waals surface area contributed by atoms with Gasteiger partial charge in [-0.1, -0.05) is 29.8 Å². The average Bonchev–Trinajstić information content (AvgIpc) is 2.11. The molecule has 0 saturated heterocycles. The maximum Gasteiger partial charge on any atom is 0.135 e. The molecule has 0 bridgehead atoms. The number of halogens is 3. The minimum atomic E-state index is -0.142. The Bertz CT molecular complexity index is 358. The first-order valence-corrected chi connectivity index (χ1v) is 6.44. The fourth-order valence-corrected chi connectivity index (χ4v) is 2.49. The van der Waals surface area contributed by atoms with Crippen molar-refractivity contribution in [1.82, 2.24) is 0 Å². The van der Waals surface area contributed by atoms with Gasteiger partial charge in [0, 0.05) is 16.1 Å². The van der Waals surface area contributed by atoms with Crippen LogP contribution in [0.5, 0.6) is 5.75 Å². The SMILES string of the molecule is CC(C)C[C@@H](N)c1c(Br)ccc(Br)c1O.Cl. The number of hydrogen-bond acceptors (Lipinski definition) is 2. The monoisotopic (exact) mass is 371 g/mol. The van der Waals surface area contributed by atoms with Gasteiger partial charge in [0.2, 0.25) is 0 Å². The van der Waals surface area contributed by atoms with Gasteiger partial charge in [-0.3, -0.25) is 0 Å². The van der Waals surface area contributed by atoms with Crippen LogP contribution in [-0.4, -0.2) is 5.11 Å². The molecule has 1 aromatic rings. The Kier molecular flexibility index (Phi) is 6.94. The summed E-state index contributed by atoms with van der Waals surface area (Å²) in [7, 11) is 0. The second kappa shape index (κ2) is 6.84. The van der Waals surface area contributed by atoms with Gasteiger partial charge in [0.05, 0.1) is 4.47 Å². The van der Waals surface area contributed by atoms with E-state index < -0.39 is 0 Å². The molecule has 0 aliphatic carbocycles. The molecule has 1 aromatic carbocycles. The summed E-state index contributed by atoms with van der Waals surface area (Å²) in [6, 6.07) is 3.54. The Morgan fingerprint density at radius 1 is 1.25 bits per heavy atom.